The molecule has 0 radical (unpaired) electrons. The van der Waals surface area contributed by atoms with Crippen LogP contribution in [0.15, 0.2) is 46.9 Å². The van der Waals surface area contributed by atoms with Crippen LogP contribution < -0.4 is 10.2 Å². The molecule has 0 saturated heterocycles. The Morgan fingerprint density at radius 2 is 2.11 bits per heavy atom. The molecule has 1 heterocycles. The van der Waals surface area contributed by atoms with Gasteiger partial charge in [-0.15, -0.1) is 0 Å². The molecule has 2 aromatic rings. The Hall–Kier alpha value is -1.99. The van der Waals surface area contributed by atoms with E-state index in [9.17, 15) is 0 Å². The monoisotopic (exact) mass is 313 g/mol. The quantitative estimate of drug-likeness (QED) is 0.868. The lowest BCUT2D eigenvalue weighted by Crippen LogP contribution is -2.30. The first-order valence-corrected chi connectivity index (χ1v) is 6.88. The summed E-state index contributed by atoms with van der Waals surface area (Å²) < 4.78 is 1.06. The van der Waals surface area contributed by atoms with Crippen molar-refractivity contribution in [2.24, 2.45) is 0 Å². The summed E-state index contributed by atoms with van der Waals surface area (Å²) in [5, 5.41) is 12.4. The zero-order valence-electron chi connectivity index (χ0n) is 10.2. The van der Waals surface area contributed by atoms with Gasteiger partial charge in [-0.25, -0.2) is 0 Å². The normalized spacial score (nSPS) is 13.4. The second-order valence-electron chi connectivity index (χ2n) is 4.40. The number of fused-ring (bicyclic) bond motifs is 1. The van der Waals surface area contributed by atoms with Gasteiger partial charge in [-0.05, 0) is 36.4 Å². The van der Waals surface area contributed by atoms with Crippen molar-refractivity contribution < 1.29 is 0 Å². The molecule has 1 N–H and O–H groups in total. The number of hydrogen-bond acceptors (Lipinski definition) is 3. The number of hydrogen-bond donors (Lipinski definition) is 1. The SMILES string of the molecule is N#Cc1ccc2c(c1)N(c1cccc(Br)c1)CCN2. The van der Waals surface area contributed by atoms with Crippen molar-refractivity contribution in [2.75, 3.05) is 23.3 Å². The zero-order valence-corrected chi connectivity index (χ0v) is 11.8. The minimum absolute atomic E-state index is 0.683. The van der Waals surface area contributed by atoms with E-state index >= 15 is 0 Å². The fraction of sp³-hybridized carbons (Fsp3) is 0.133. The van der Waals surface area contributed by atoms with E-state index in [1.54, 1.807) is 0 Å². The van der Waals surface area contributed by atoms with E-state index in [4.69, 9.17) is 5.26 Å². The van der Waals surface area contributed by atoms with E-state index in [0.29, 0.717) is 5.56 Å². The molecule has 0 unspecified atom stereocenters. The largest absolute Gasteiger partial charge is 0.382 e. The van der Waals surface area contributed by atoms with Crippen LogP contribution >= 0.6 is 15.9 Å². The van der Waals surface area contributed by atoms with Gasteiger partial charge in [-0.2, -0.15) is 5.26 Å². The third kappa shape index (κ3) is 2.29. The van der Waals surface area contributed by atoms with Gasteiger partial charge in [0, 0.05) is 23.2 Å². The standard InChI is InChI=1S/C15H12BrN3/c16-12-2-1-3-13(9-12)19-7-6-18-14-5-4-11(10-17)8-15(14)19/h1-5,8-9,18H,6-7H2. The molecule has 0 spiro atoms. The summed E-state index contributed by atoms with van der Waals surface area (Å²) in [6.07, 6.45) is 0. The van der Waals surface area contributed by atoms with Crippen molar-refractivity contribution in [1.29, 1.82) is 5.26 Å². The summed E-state index contributed by atoms with van der Waals surface area (Å²) in [7, 11) is 0. The third-order valence-electron chi connectivity index (χ3n) is 3.19. The fourth-order valence-corrected chi connectivity index (χ4v) is 2.70. The van der Waals surface area contributed by atoms with Crippen LogP contribution in [0.5, 0.6) is 0 Å². The minimum Gasteiger partial charge on any atom is -0.382 e. The highest BCUT2D eigenvalue weighted by molar-refractivity contribution is 9.10. The molecule has 19 heavy (non-hydrogen) atoms. The molecule has 2 aromatic carbocycles. The van der Waals surface area contributed by atoms with Gasteiger partial charge in [0.2, 0.25) is 0 Å². The molecule has 1 aliphatic rings. The Bertz CT molecular complexity index is 661. The van der Waals surface area contributed by atoms with Crippen LogP contribution in [-0.2, 0) is 0 Å². The Balaban J connectivity index is 2.09. The van der Waals surface area contributed by atoms with Crippen LogP contribution in [0.4, 0.5) is 17.1 Å². The molecular weight excluding hydrogens is 302 g/mol. The van der Waals surface area contributed by atoms with Gasteiger partial charge in [0.1, 0.15) is 0 Å². The van der Waals surface area contributed by atoms with Gasteiger partial charge in [0.15, 0.2) is 0 Å². The average molecular weight is 314 g/mol. The number of rotatable bonds is 1. The van der Waals surface area contributed by atoms with E-state index in [2.05, 4.69) is 44.3 Å². The van der Waals surface area contributed by atoms with Gasteiger partial charge in [-0.3, -0.25) is 0 Å². The van der Waals surface area contributed by atoms with Gasteiger partial charge in [0.05, 0.1) is 23.0 Å². The van der Waals surface area contributed by atoms with Gasteiger partial charge < -0.3 is 10.2 Å². The molecule has 0 saturated carbocycles. The van der Waals surface area contributed by atoms with E-state index < -0.39 is 0 Å². The Morgan fingerprint density at radius 1 is 1.21 bits per heavy atom. The summed E-state index contributed by atoms with van der Waals surface area (Å²) in [6.45, 7) is 1.78. The van der Waals surface area contributed by atoms with Crippen molar-refractivity contribution in [3.05, 3.63) is 52.5 Å². The number of benzene rings is 2. The summed E-state index contributed by atoms with van der Waals surface area (Å²) in [5.41, 5.74) is 3.95. The topological polar surface area (TPSA) is 39.1 Å². The number of nitriles is 1. The first kappa shape index (κ1) is 12.1. The van der Waals surface area contributed by atoms with Crippen molar-refractivity contribution in [3.8, 4) is 6.07 Å². The van der Waals surface area contributed by atoms with Crippen LogP contribution in [0, 0.1) is 11.3 Å². The molecule has 3 nitrogen and oxygen atoms in total. The summed E-state index contributed by atoms with van der Waals surface area (Å²) in [6, 6.07) is 16.2. The fourth-order valence-electron chi connectivity index (χ4n) is 2.31. The van der Waals surface area contributed by atoms with Crippen LogP contribution in [-0.4, -0.2) is 13.1 Å². The highest BCUT2D eigenvalue weighted by Crippen LogP contribution is 2.36. The van der Waals surface area contributed by atoms with E-state index in [1.165, 1.54) is 0 Å². The van der Waals surface area contributed by atoms with Gasteiger partial charge in [-0.1, -0.05) is 22.0 Å². The molecular formula is C15H12BrN3. The van der Waals surface area contributed by atoms with Gasteiger partial charge >= 0.3 is 0 Å². The zero-order chi connectivity index (χ0) is 13.2. The molecule has 0 bridgehead atoms. The van der Waals surface area contributed by atoms with Crippen LogP contribution in [0.2, 0.25) is 0 Å². The molecule has 0 fully saturated rings. The lowest BCUT2D eigenvalue weighted by molar-refractivity contribution is 0.926. The van der Waals surface area contributed by atoms with Crippen LogP contribution in [0.3, 0.4) is 0 Å². The maximum Gasteiger partial charge on any atom is 0.0992 e. The van der Waals surface area contributed by atoms with Crippen molar-refractivity contribution in [1.82, 2.24) is 0 Å². The van der Waals surface area contributed by atoms with Crippen LogP contribution in [0.1, 0.15) is 5.56 Å². The van der Waals surface area contributed by atoms with E-state index in [0.717, 1.165) is 34.6 Å². The predicted molar refractivity (Wildman–Crippen MR) is 80.8 cm³/mol. The molecule has 0 aliphatic carbocycles. The molecule has 0 atom stereocenters. The first-order valence-electron chi connectivity index (χ1n) is 6.09. The Kier molecular flexibility index (Phi) is 3.14. The lowest BCUT2D eigenvalue weighted by Gasteiger charge is -2.32. The maximum atomic E-state index is 9.04. The molecule has 1 aliphatic heterocycles. The highest BCUT2D eigenvalue weighted by Gasteiger charge is 2.18. The van der Waals surface area contributed by atoms with Gasteiger partial charge in [0.25, 0.3) is 0 Å². The summed E-state index contributed by atoms with van der Waals surface area (Å²) in [4.78, 5) is 2.23. The second kappa shape index (κ2) is 4.94. The minimum atomic E-state index is 0.683. The maximum absolute atomic E-state index is 9.04. The molecule has 94 valence electrons. The predicted octanol–water partition coefficient (Wildman–Crippen LogP) is 3.88. The first-order chi connectivity index (χ1) is 9.28. The second-order valence-corrected chi connectivity index (χ2v) is 5.32. The number of nitrogens with one attached hydrogen (secondary N) is 1. The molecule has 0 amide bonds. The Morgan fingerprint density at radius 3 is 2.89 bits per heavy atom. The van der Waals surface area contributed by atoms with Crippen molar-refractivity contribution in [3.63, 3.8) is 0 Å². The highest BCUT2D eigenvalue weighted by atomic mass is 79.9. The van der Waals surface area contributed by atoms with Crippen molar-refractivity contribution >= 4 is 33.0 Å². The third-order valence-corrected chi connectivity index (χ3v) is 3.68. The number of anilines is 3. The molecule has 3 rings (SSSR count). The number of nitrogens with zero attached hydrogens (tertiary/aromatic N) is 2. The smallest absolute Gasteiger partial charge is 0.0992 e. The lowest BCUT2D eigenvalue weighted by atomic mass is 10.1. The summed E-state index contributed by atoms with van der Waals surface area (Å²) in [5.74, 6) is 0. The Labute approximate surface area is 120 Å². The molecule has 4 heteroatoms. The van der Waals surface area contributed by atoms with E-state index in [-0.39, 0.29) is 0 Å². The van der Waals surface area contributed by atoms with Crippen molar-refractivity contribution in [2.45, 2.75) is 0 Å². The molecule has 0 aromatic heterocycles. The summed E-state index contributed by atoms with van der Waals surface area (Å²) >= 11 is 3.50. The van der Waals surface area contributed by atoms with Crippen LogP contribution in [0.25, 0.3) is 0 Å². The van der Waals surface area contributed by atoms with E-state index in [1.807, 2.05) is 30.3 Å². The average Bonchev–Trinajstić information content (AvgIpc) is 2.46. The number of halogens is 1.